The van der Waals surface area contributed by atoms with Crippen LogP contribution in [-0.4, -0.2) is 15.3 Å². The van der Waals surface area contributed by atoms with Gasteiger partial charge in [-0.25, -0.2) is 0 Å². The molecule has 0 aromatic heterocycles. The van der Waals surface area contributed by atoms with Crippen LogP contribution in [0.15, 0.2) is 91.0 Å². The minimum atomic E-state index is -0.202. The zero-order chi connectivity index (χ0) is 13.6. The second kappa shape index (κ2) is 6.89. The van der Waals surface area contributed by atoms with Gasteiger partial charge in [0.25, 0.3) is 0 Å². The number of benzene rings is 3. The van der Waals surface area contributed by atoms with Crippen LogP contribution in [0.4, 0.5) is 0 Å². The normalized spacial score (nSPS) is 11.2. The minimum absolute atomic E-state index is 0.186. The molecule has 0 radical (unpaired) electrons. The SMILES string of the molecule is c1ccc([AsH]P(c2ccccc2)c2ccccc2)cc1. The average Bonchev–Trinajstić information content (AvgIpc) is 2.55. The fourth-order valence-electron chi connectivity index (χ4n) is 2.07. The molecule has 0 heterocycles. The van der Waals surface area contributed by atoms with E-state index in [0.29, 0.717) is 0 Å². The fraction of sp³-hybridized carbons (Fsp3) is 0. The van der Waals surface area contributed by atoms with Crippen LogP contribution in [0.2, 0.25) is 0 Å². The third-order valence-electron chi connectivity index (χ3n) is 3.04. The molecular formula is C18H16AsP. The molecule has 1 atom stereocenters. The van der Waals surface area contributed by atoms with Crippen LogP contribution in [0.25, 0.3) is 0 Å². The Balaban J connectivity index is 1.96. The van der Waals surface area contributed by atoms with Gasteiger partial charge in [-0.05, 0) is 0 Å². The standard InChI is InChI=1S/C18H16AsP/c1-4-10-16(11-5-1)19-20(17-12-6-2-7-13-17)18-14-8-3-9-15-18/h1-15,19H. The first-order valence-corrected chi connectivity index (χ1v) is 11.9. The topological polar surface area (TPSA) is 0 Å². The molecule has 0 bridgehead atoms. The summed E-state index contributed by atoms with van der Waals surface area (Å²) in [6.45, 7) is -0.202. The van der Waals surface area contributed by atoms with E-state index in [1.54, 1.807) is 0 Å². The van der Waals surface area contributed by atoms with Gasteiger partial charge in [0.15, 0.2) is 0 Å². The van der Waals surface area contributed by atoms with Crippen molar-refractivity contribution in [2.24, 2.45) is 0 Å². The van der Waals surface area contributed by atoms with Crippen LogP contribution in [-0.2, 0) is 0 Å². The molecule has 0 aliphatic carbocycles. The summed E-state index contributed by atoms with van der Waals surface area (Å²) >= 11 is -0.186. The molecular weight excluding hydrogens is 322 g/mol. The fourth-order valence-corrected chi connectivity index (χ4v) is 10.4. The van der Waals surface area contributed by atoms with Crippen LogP contribution in [0.3, 0.4) is 0 Å². The molecule has 0 aliphatic rings. The molecule has 98 valence electrons. The Morgan fingerprint density at radius 2 is 0.900 bits per heavy atom. The van der Waals surface area contributed by atoms with Crippen molar-refractivity contribution in [2.75, 3.05) is 0 Å². The maximum atomic E-state index is 2.28. The van der Waals surface area contributed by atoms with Crippen molar-refractivity contribution in [3.8, 4) is 0 Å². The van der Waals surface area contributed by atoms with Gasteiger partial charge in [0.05, 0.1) is 0 Å². The zero-order valence-corrected chi connectivity index (χ0v) is 14.1. The van der Waals surface area contributed by atoms with Gasteiger partial charge in [-0.1, -0.05) is 0 Å². The van der Waals surface area contributed by atoms with Gasteiger partial charge >= 0.3 is 128 Å². The Morgan fingerprint density at radius 1 is 0.500 bits per heavy atom. The number of hydrogen-bond acceptors (Lipinski definition) is 0. The van der Waals surface area contributed by atoms with E-state index >= 15 is 0 Å². The quantitative estimate of drug-likeness (QED) is 0.507. The summed E-state index contributed by atoms with van der Waals surface area (Å²) in [4.78, 5) is 0. The van der Waals surface area contributed by atoms with E-state index in [4.69, 9.17) is 0 Å². The summed E-state index contributed by atoms with van der Waals surface area (Å²) in [6, 6.07) is 32.9. The first-order valence-electron chi connectivity index (χ1n) is 6.65. The molecule has 0 aliphatic heterocycles. The first-order chi connectivity index (χ1) is 9.93. The zero-order valence-electron chi connectivity index (χ0n) is 11.1. The molecule has 0 nitrogen and oxygen atoms in total. The molecule has 3 aromatic rings. The van der Waals surface area contributed by atoms with Crippen molar-refractivity contribution in [3.63, 3.8) is 0 Å². The van der Waals surface area contributed by atoms with E-state index < -0.39 is 0 Å². The van der Waals surface area contributed by atoms with Crippen LogP contribution >= 0.6 is 6.48 Å². The monoisotopic (exact) mass is 338 g/mol. The van der Waals surface area contributed by atoms with Crippen molar-refractivity contribution >= 4 is 36.7 Å². The Hall–Kier alpha value is -1.35. The van der Waals surface area contributed by atoms with Gasteiger partial charge in [-0.2, -0.15) is 0 Å². The molecule has 3 aromatic carbocycles. The second-order valence-electron chi connectivity index (χ2n) is 4.48. The molecule has 3 rings (SSSR count). The molecule has 0 N–H and O–H groups in total. The molecule has 2 heteroatoms. The van der Waals surface area contributed by atoms with E-state index in [1.165, 1.54) is 15.0 Å². The average molecular weight is 338 g/mol. The molecule has 0 saturated heterocycles. The van der Waals surface area contributed by atoms with Crippen molar-refractivity contribution in [3.05, 3.63) is 91.0 Å². The van der Waals surface area contributed by atoms with Gasteiger partial charge in [-0.3, -0.25) is 0 Å². The van der Waals surface area contributed by atoms with E-state index in [2.05, 4.69) is 91.0 Å². The van der Waals surface area contributed by atoms with Gasteiger partial charge in [0.1, 0.15) is 0 Å². The third kappa shape index (κ3) is 3.40. The van der Waals surface area contributed by atoms with E-state index in [-0.39, 0.29) is 21.8 Å². The van der Waals surface area contributed by atoms with Crippen molar-refractivity contribution in [1.82, 2.24) is 0 Å². The van der Waals surface area contributed by atoms with Crippen LogP contribution in [0.1, 0.15) is 0 Å². The molecule has 0 amide bonds. The summed E-state index contributed by atoms with van der Waals surface area (Å²) in [5, 5.41) is 3.00. The molecule has 1 unspecified atom stereocenters. The molecule has 0 saturated carbocycles. The van der Waals surface area contributed by atoms with Gasteiger partial charge in [0, 0.05) is 0 Å². The van der Waals surface area contributed by atoms with Crippen molar-refractivity contribution in [1.29, 1.82) is 0 Å². The Bertz CT molecular complexity index is 599. The Kier molecular flexibility index (Phi) is 4.69. The summed E-state index contributed by atoms with van der Waals surface area (Å²) in [7, 11) is 0. The third-order valence-corrected chi connectivity index (χ3v) is 12.1. The molecule has 0 spiro atoms. The van der Waals surface area contributed by atoms with E-state index in [1.807, 2.05) is 0 Å². The number of rotatable bonds is 4. The van der Waals surface area contributed by atoms with Gasteiger partial charge in [-0.15, -0.1) is 0 Å². The van der Waals surface area contributed by atoms with Crippen LogP contribution in [0, 0.1) is 0 Å². The summed E-state index contributed by atoms with van der Waals surface area (Å²) < 4.78 is 1.53. The first kappa shape index (κ1) is 13.6. The van der Waals surface area contributed by atoms with Crippen molar-refractivity contribution < 1.29 is 0 Å². The second-order valence-corrected chi connectivity index (χ2v) is 11.8. The maximum absolute atomic E-state index is 2.28. The predicted octanol–water partition coefficient (Wildman–Crippen LogP) is 2.80. The summed E-state index contributed by atoms with van der Waals surface area (Å²) in [5.74, 6) is 0. The predicted molar refractivity (Wildman–Crippen MR) is 92.3 cm³/mol. The summed E-state index contributed by atoms with van der Waals surface area (Å²) in [5.41, 5.74) is 0. The van der Waals surface area contributed by atoms with Crippen LogP contribution in [0.5, 0.6) is 0 Å². The Morgan fingerprint density at radius 3 is 1.35 bits per heavy atom. The van der Waals surface area contributed by atoms with E-state index in [9.17, 15) is 0 Å². The van der Waals surface area contributed by atoms with Gasteiger partial charge in [0.2, 0.25) is 0 Å². The number of hydrogen-bond donors (Lipinski definition) is 0. The molecule has 20 heavy (non-hydrogen) atoms. The van der Waals surface area contributed by atoms with Crippen molar-refractivity contribution in [2.45, 2.75) is 0 Å². The van der Waals surface area contributed by atoms with E-state index in [0.717, 1.165) is 0 Å². The summed E-state index contributed by atoms with van der Waals surface area (Å²) in [6.07, 6.45) is 0. The molecule has 0 fully saturated rings. The van der Waals surface area contributed by atoms with Gasteiger partial charge < -0.3 is 0 Å². The Labute approximate surface area is 127 Å². The van der Waals surface area contributed by atoms with Crippen LogP contribution < -0.4 is 15.0 Å².